The normalized spacial score (nSPS) is 22.8. The molecule has 140 valence electrons. The number of nitrogens with zero attached hydrogens (tertiary/aromatic N) is 1. The molecule has 2 amide bonds. The van der Waals surface area contributed by atoms with Crippen molar-refractivity contribution in [1.82, 2.24) is 10.2 Å². The second-order valence-corrected chi connectivity index (χ2v) is 7.27. The van der Waals surface area contributed by atoms with Crippen LogP contribution in [0.5, 0.6) is 0 Å². The largest absolute Gasteiger partial charge is 1.00 e. The van der Waals surface area contributed by atoms with Crippen molar-refractivity contribution in [2.24, 2.45) is 11.3 Å². The van der Waals surface area contributed by atoms with Gasteiger partial charge in [-0.3, -0.25) is 14.5 Å². The Morgan fingerprint density at radius 1 is 1.38 bits per heavy atom. The Hall–Kier alpha value is -0.454. The molecule has 0 bridgehead atoms. The van der Waals surface area contributed by atoms with Crippen LogP contribution >= 0.6 is 0 Å². The quantitative estimate of drug-likeness (QED) is 0.251. The van der Waals surface area contributed by atoms with Crippen LogP contribution < -0.4 is 61.8 Å². The third-order valence-electron chi connectivity index (χ3n) is 4.71. The summed E-state index contributed by atoms with van der Waals surface area (Å²) >= 11 is 0. The van der Waals surface area contributed by atoms with Gasteiger partial charge in [0.05, 0.1) is 12.1 Å². The zero-order chi connectivity index (χ0) is 18.9. The molecular weight excluding hydrogens is 367 g/mol. The monoisotopic (exact) mass is 392 g/mol. The van der Waals surface area contributed by atoms with Gasteiger partial charge < -0.3 is 25.1 Å². The van der Waals surface area contributed by atoms with E-state index in [2.05, 4.69) is 5.32 Å². The molecule has 26 heavy (non-hydrogen) atoms. The number of ether oxygens (including phenoxy) is 1. The van der Waals surface area contributed by atoms with Crippen LogP contribution in [0.15, 0.2) is 11.5 Å². The van der Waals surface area contributed by atoms with E-state index in [9.17, 15) is 24.6 Å². The number of carboxylic acid groups (broad SMARTS) is 1. The number of amides is 2. The molecule has 0 radical (unpaired) electrons. The molecule has 0 aromatic carbocycles. The number of β-lactam (4-membered cyclic amide) rings is 1. The zero-order valence-electron chi connectivity index (χ0n) is 16.0. The van der Waals surface area contributed by atoms with Crippen LogP contribution in [-0.4, -0.2) is 46.7 Å². The van der Waals surface area contributed by atoms with Crippen molar-refractivity contribution < 1.29 is 80.7 Å². The van der Waals surface area contributed by atoms with Crippen molar-refractivity contribution in [2.45, 2.75) is 59.3 Å². The fraction of sp³-hybridized carbons (Fsp3) is 0.706. The van der Waals surface area contributed by atoms with E-state index < -0.39 is 35.5 Å². The molecule has 2 aliphatic heterocycles. The molecule has 0 spiro atoms. The summed E-state index contributed by atoms with van der Waals surface area (Å²) in [6, 6.07) is 0. The number of aliphatic carboxylic acids is 1. The number of carboxylic acids is 1. The minimum atomic E-state index is -1.46. The van der Waals surface area contributed by atoms with E-state index in [-0.39, 0.29) is 68.7 Å². The van der Waals surface area contributed by atoms with E-state index >= 15 is 0 Å². The molecule has 2 aliphatic rings. The van der Waals surface area contributed by atoms with Gasteiger partial charge in [0.15, 0.2) is 6.23 Å². The van der Waals surface area contributed by atoms with Crippen LogP contribution in [-0.2, 0) is 19.1 Å². The first-order valence-electron chi connectivity index (χ1n) is 8.46. The number of carbonyl (C=O) groups is 3. The van der Waals surface area contributed by atoms with E-state index in [1.165, 1.54) is 13.8 Å². The number of nitrogens with one attached hydrogen (secondary N) is 1. The Morgan fingerprint density at radius 3 is 2.50 bits per heavy atom. The summed E-state index contributed by atoms with van der Waals surface area (Å²) in [5.41, 5.74) is -0.856. The molecule has 1 saturated heterocycles. The molecule has 0 aromatic rings. The van der Waals surface area contributed by atoms with Crippen LogP contribution in [0.2, 0.25) is 0 Å². The van der Waals surface area contributed by atoms with Crippen molar-refractivity contribution in [3.8, 4) is 0 Å². The number of hydrogen-bond donors (Lipinski definition) is 2. The summed E-state index contributed by atoms with van der Waals surface area (Å²) in [5, 5.41) is 24.0. The minimum absolute atomic E-state index is 0. The second kappa shape index (κ2) is 9.16. The van der Waals surface area contributed by atoms with Crippen molar-refractivity contribution in [3.63, 3.8) is 0 Å². The number of hydrogen-bond acceptors (Lipinski definition) is 6. The van der Waals surface area contributed by atoms with Gasteiger partial charge in [0.1, 0.15) is 17.4 Å². The first-order valence-corrected chi connectivity index (χ1v) is 8.46. The van der Waals surface area contributed by atoms with Crippen LogP contribution in [0.1, 0.15) is 47.0 Å². The van der Waals surface area contributed by atoms with Gasteiger partial charge in [0.2, 0.25) is 11.8 Å². The third kappa shape index (κ3) is 4.68. The maximum Gasteiger partial charge on any atom is 1.00 e. The minimum Gasteiger partial charge on any atom is -0.543 e. The van der Waals surface area contributed by atoms with Crippen molar-refractivity contribution in [1.29, 1.82) is 0 Å². The second-order valence-electron chi connectivity index (χ2n) is 7.27. The standard InChI is InChI=1S/C17H26N2O6.K/c1-9(20)11-14(22)19-12(16(23)24)13(25-15(11)19)17(3,4)7-5-6-8-18-10(2)21;/h9,11,15,20H,5-8H2,1-4H3,(H,18,21)(H,23,24);/q;+1/p-1/t9-,11+,15-;/m1./s1. The Bertz CT molecular complexity index is 616. The van der Waals surface area contributed by atoms with E-state index in [1.54, 1.807) is 0 Å². The van der Waals surface area contributed by atoms with Gasteiger partial charge in [-0.1, -0.05) is 20.3 Å². The van der Waals surface area contributed by atoms with Crippen molar-refractivity contribution >= 4 is 17.8 Å². The summed E-state index contributed by atoms with van der Waals surface area (Å²) in [7, 11) is 0. The number of aliphatic hydroxyl groups excluding tert-OH is 1. The van der Waals surface area contributed by atoms with E-state index in [0.717, 1.165) is 17.7 Å². The first kappa shape index (κ1) is 23.6. The molecule has 0 aromatic heterocycles. The smallest absolute Gasteiger partial charge is 0.543 e. The van der Waals surface area contributed by atoms with Crippen LogP contribution in [0.3, 0.4) is 0 Å². The van der Waals surface area contributed by atoms with Gasteiger partial charge in [0.25, 0.3) is 0 Å². The molecule has 0 aliphatic carbocycles. The van der Waals surface area contributed by atoms with Gasteiger partial charge in [-0.2, -0.15) is 0 Å². The maximum atomic E-state index is 12.2. The number of rotatable bonds is 8. The number of allylic oxidation sites excluding steroid dienone is 1. The average molecular weight is 392 g/mol. The molecule has 9 heteroatoms. The summed E-state index contributed by atoms with van der Waals surface area (Å²) < 4.78 is 5.77. The molecular formula is C17H25KN2O6. The number of carbonyl (C=O) groups excluding carboxylic acids is 3. The van der Waals surface area contributed by atoms with E-state index in [1.807, 2.05) is 13.8 Å². The molecule has 2 rings (SSSR count). The Morgan fingerprint density at radius 2 is 2.00 bits per heavy atom. The van der Waals surface area contributed by atoms with Gasteiger partial charge in [-0.25, -0.2) is 0 Å². The fourth-order valence-electron chi connectivity index (χ4n) is 3.32. The maximum absolute atomic E-state index is 12.2. The summed E-state index contributed by atoms with van der Waals surface area (Å²) in [6.07, 6.45) is 0.413. The van der Waals surface area contributed by atoms with E-state index in [0.29, 0.717) is 13.0 Å². The number of unbranched alkanes of at least 4 members (excludes halogenated alkanes) is 1. The van der Waals surface area contributed by atoms with E-state index in [4.69, 9.17) is 4.74 Å². The van der Waals surface area contributed by atoms with Crippen LogP contribution in [0.25, 0.3) is 0 Å². The van der Waals surface area contributed by atoms with Crippen LogP contribution in [0.4, 0.5) is 0 Å². The average Bonchev–Trinajstić information content (AvgIpc) is 2.82. The zero-order valence-corrected chi connectivity index (χ0v) is 19.1. The van der Waals surface area contributed by atoms with Crippen molar-refractivity contribution in [2.75, 3.05) is 6.54 Å². The molecule has 0 saturated carbocycles. The molecule has 3 atom stereocenters. The summed E-state index contributed by atoms with van der Waals surface area (Å²) in [5.74, 6) is -2.56. The number of fused-ring (bicyclic) bond motifs is 1. The molecule has 2 heterocycles. The fourth-order valence-corrected chi connectivity index (χ4v) is 3.32. The Kier molecular flexibility index (Phi) is 8.31. The predicted octanol–water partition coefficient (Wildman–Crippen LogP) is -3.52. The molecule has 2 N–H and O–H groups in total. The van der Waals surface area contributed by atoms with Gasteiger partial charge in [-0.15, -0.1) is 0 Å². The van der Waals surface area contributed by atoms with Crippen LogP contribution in [0, 0.1) is 11.3 Å². The van der Waals surface area contributed by atoms with Crippen molar-refractivity contribution in [3.05, 3.63) is 11.5 Å². The van der Waals surface area contributed by atoms with Gasteiger partial charge in [0, 0.05) is 18.9 Å². The third-order valence-corrected chi connectivity index (χ3v) is 4.71. The topological polar surface area (TPSA) is 119 Å². The van der Waals surface area contributed by atoms with Gasteiger partial charge >= 0.3 is 51.4 Å². The summed E-state index contributed by atoms with van der Waals surface area (Å²) in [6.45, 7) is 7.17. The molecule has 0 unspecified atom stereocenters. The molecule has 1 fully saturated rings. The number of aliphatic hydroxyl groups is 1. The molecule has 8 nitrogen and oxygen atoms in total. The first-order chi connectivity index (χ1) is 11.6. The SMILES string of the molecule is CC(=O)NCCCCC(C)(C)C1=C(C(=O)[O-])N2C(=O)[C@H]([C@@H](C)O)[C@H]2O1.[K+]. The summed E-state index contributed by atoms with van der Waals surface area (Å²) in [4.78, 5) is 35.7. The predicted molar refractivity (Wildman–Crippen MR) is 85.2 cm³/mol. The Balaban J connectivity index is 0.00000338. The Labute approximate surface area is 195 Å². The van der Waals surface area contributed by atoms with Gasteiger partial charge in [-0.05, 0) is 19.8 Å².